The zero-order chi connectivity index (χ0) is 30.8. The van der Waals surface area contributed by atoms with Gasteiger partial charge in [0, 0.05) is 30.6 Å². The first kappa shape index (κ1) is 31.4. The highest BCUT2D eigenvalue weighted by Crippen LogP contribution is 2.31. The summed E-state index contributed by atoms with van der Waals surface area (Å²) in [6.45, 7) is 12.6. The molecule has 4 heteroatoms. The van der Waals surface area contributed by atoms with Gasteiger partial charge in [0.1, 0.15) is 0 Å². The van der Waals surface area contributed by atoms with Crippen molar-refractivity contribution in [2.45, 2.75) is 46.1 Å². The van der Waals surface area contributed by atoms with Gasteiger partial charge in [0.2, 0.25) is 0 Å². The van der Waals surface area contributed by atoms with E-state index in [1.54, 1.807) is 13.3 Å². The van der Waals surface area contributed by atoms with Crippen molar-refractivity contribution in [3.05, 3.63) is 149 Å². The van der Waals surface area contributed by atoms with Gasteiger partial charge in [-0.2, -0.15) is 0 Å². The van der Waals surface area contributed by atoms with Gasteiger partial charge in [0.25, 0.3) is 0 Å². The highest BCUT2D eigenvalue weighted by molar-refractivity contribution is 5.99. The molecule has 3 unspecified atom stereocenters. The molecule has 2 aliphatic rings. The number of hydrogen-bond donors (Lipinski definition) is 3. The predicted molar refractivity (Wildman–Crippen MR) is 187 cm³/mol. The van der Waals surface area contributed by atoms with Gasteiger partial charge in [0.05, 0.1) is 6.04 Å². The molecule has 0 saturated heterocycles. The summed E-state index contributed by atoms with van der Waals surface area (Å²) in [5, 5.41) is 9.28. The van der Waals surface area contributed by atoms with E-state index in [1.165, 1.54) is 16.7 Å². The van der Waals surface area contributed by atoms with Crippen LogP contribution in [0.4, 0.5) is 0 Å². The average Bonchev–Trinajstić information content (AvgIpc) is 3.17. The van der Waals surface area contributed by atoms with Crippen molar-refractivity contribution < 1.29 is 0 Å². The molecule has 2 aromatic carbocycles. The second kappa shape index (κ2) is 15.1. The smallest absolute Gasteiger partial charge is 0.0834 e. The van der Waals surface area contributed by atoms with E-state index in [0.29, 0.717) is 11.6 Å². The predicted octanol–water partition coefficient (Wildman–Crippen LogP) is 9.03. The molecule has 0 radical (unpaired) electrons. The summed E-state index contributed by atoms with van der Waals surface area (Å²) in [4.78, 5) is 4.04. The molecule has 2 aromatic rings. The van der Waals surface area contributed by atoms with Crippen LogP contribution < -0.4 is 10.9 Å². The van der Waals surface area contributed by atoms with Crippen molar-refractivity contribution in [2.24, 2.45) is 10.9 Å². The molecule has 0 fully saturated rings. The third-order valence-electron chi connectivity index (χ3n) is 7.57. The Balaban J connectivity index is 1.62. The van der Waals surface area contributed by atoms with Crippen molar-refractivity contribution in [1.82, 2.24) is 10.9 Å². The number of hydrazine groups is 1. The quantitative estimate of drug-likeness (QED) is 0.152. The van der Waals surface area contributed by atoms with Crippen LogP contribution in [0.1, 0.15) is 62.3 Å². The fourth-order valence-electron chi connectivity index (χ4n) is 5.09. The number of nitrogens with one attached hydrogen (secondary N) is 3. The first-order valence-corrected chi connectivity index (χ1v) is 14.9. The molecular weight excluding hydrogens is 524 g/mol. The molecule has 0 heterocycles. The lowest BCUT2D eigenvalue weighted by molar-refractivity contribution is 0.597. The van der Waals surface area contributed by atoms with Crippen LogP contribution >= 0.6 is 0 Å². The van der Waals surface area contributed by atoms with Crippen LogP contribution in [0.3, 0.4) is 0 Å². The van der Waals surface area contributed by atoms with Crippen LogP contribution in [-0.4, -0.2) is 25.0 Å². The Labute approximate surface area is 257 Å². The van der Waals surface area contributed by atoms with E-state index < -0.39 is 0 Å². The largest absolute Gasteiger partial charge is 0.325 e. The maximum absolute atomic E-state index is 9.28. The minimum Gasteiger partial charge on any atom is -0.325 e. The molecule has 43 heavy (non-hydrogen) atoms. The molecule has 220 valence electrons. The van der Waals surface area contributed by atoms with Gasteiger partial charge in [-0.25, -0.2) is 5.43 Å². The van der Waals surface area contributed by atoms with E-state index in [1.807, 2.05) is 25.2 Å². The monoisotopic (exact) mass is 568 g/mol. The van der Waals surface area contributed by atoms with Crippen molar-refractivity contribution in [2.75, 3.05) is 7.05 Å². The molecule has 0 bridgehead atoms. The van der Waals surface area contributed by atoms with E-state index in [2.05, 4.69) is 134 Å². The lowest BCUT2D eigenvalue weighted by Crippen LogP contribution is -2.44. The van der Waals surface area contributed by atoms with Crippen molar-refractivity contribution >= 4 is 28.6 Å². The Morgan fingerprint density at radius 2 is 1.60 bits per heavy atom. The fraction of sp³-hybridized carbons (Fsp3) is 0.231. The van der Waals surface area contributed by atoms with Gasteiger partial charge in [-0.05, 0) is 78.2 Å². The Hall–Kier alpha value is -4.54. The first-order chi connectivity index (χ1) is 20.7. The van der Waals surface area contributed by atoms with Gasteiger partial charge < -0.3 is 10.8 Å². The summed E-state index contributed by atoms with van der Waals surface area (Å²) in [7, 11) is 1.75. The number of hydrogen-bond acceptors (Lipinski definition) is 4. The zero-order valence-electron chi connectivity index (χ0n) is 26.1. The average molecular weight is 569 g/mol. The Bertz CT molecular complexity index is 1550. The molecule has 0 aliphatic heterocycles. The molecule has 0 amide bonds. The molecule has 0 saturated carbocycles. The Morgan fingerprint density at radius 1 is 0.930 bits per heavy atom. The number of rotatable bonds is 10. The standard InChI is InChI=1S/C39H44N4/c1-27(2)9-7-11-29(4)31-13-19-34(20-14-31)37-22-21-36(26-38(39(37)40)43-42-30(5)23-24-41-6)33-17-15-32(16-18-33)35-12-8-10-28(3)25-35/h7-9,11-26,28,37-38,40,42-43H,4,10H2,1-3,5-6H3/b11-7-,30-23+,40-39?,41-24-. The van der Waals surface area contributed by atoms with Gasteiger partial charge in [0.15, 0.2) is 0 Å². The highest BCUT2D eigenvalue weighted by atomic mass is 15.4. The second-order valence-corrected chi connectivity index (χ2v) is 11.5. The summed E-state index contributed by atoms with van der Waals surface area (Å²) in [6, 6.07) is 16.8. The summed E-state index contributed by atoms with van der Waals surface area (Å²) in [5.41, 5.74) is 17.2. The Kier molecular flexibility index (Phi) is 11.0. The Morgan fingerprint density at radius 3 is 2.23 bits per heavy atom. The van der Waals surface area contributed by atoms with E-state index in [-0.39, 0.29) is 12.0 Å². The third kappa shape index (κ3) is 8.73. The van der Waals surface area contributed by atoms with Crippen LogP contribution in [-0.2, 0) is 0 Å². The number of benzene rings is 2. The fourth-order valence-corrected chi connectivity index (χ4v) is 5.09. The van der Waals surface area contributed by atoms with Crippen LogP contribution in [0.2, 0.25) is 0 Å². The number of nitrogens with zero attached hydrogens (tertiary/aromatic N) is 1. The summed E-state index contributed by atoms with van der Waals surface area (Å²) >= 11 is 0. The van der Waals surface area contributed by atoms with Crippen molar-refractivity contribution in [3.8, 4) is 0 Å². The molecule has 4 rings (SSSR count). The number of allylic oxidation sites excluding steroid dienone is 14. The maximum Gasteiger partial charge on any atom is 0.0834 e. The molecule has 3 atom stereocenters. The molecule has 4 nitrogen and oxygen atoms in total. The normalized spacial score (nSPS) is 20.6. The topological polar surface area (TPSA) is 60.3 Å². The maximum atomic E-state index is 9.28. The van der Waals surface area contributed by atoms with Gasteiger partial charge in [-0.1, -0.05) is 122 Å². The third-order valence-corrected chi connectivity index (χ3v) is 7.57. The van der Waals surface area contributed by atoms with Gasteiger partial charge in [-0.15, -0.1) is 0 Å². The molecule has 3 N–H and O–H groups in total. The summed E-state index contributed by atoms with van der Waals surface area (Å²) < 4.78 is 0. The number of aliphatic imine (C=N–C) groups is 1. The minimum atomic E-state index is -0.330. The van der Waals surface area contributed by atoms with E-state index >= 15 is 0 Å². The van der Waals surface area contributed by atoms with Crippen molar-refractivity contribution in [3.63, 3.8) is 0 Å². The summed E-state index contributed by atoms with van der Waals surface area (Å²) in [6.07, 6.45) is 24.1. The highest BCUT2D eigenvalue weighted by Gasteiger charge is 2.25. The molecule has 2 aliphatic carbocycles. The first-order valence-electron chi connectivity index (χ1n) is 14.9. The van der Waals surface area contributed by atoms with E-state index in [9.17, 15) is 5.41 Å². The second-order valence-electron chi connectivity index (χ2n) is 11.5. The van der Waals surface area contributed by atoms with Crippen LogP contribution in [0.25, 0.3) is 16.7 Å². The van der Waals surface area contributed by atoms with Gasteiger partial charge >= 0.3 is 0 Å². The lowest BCUT2D eigenvalue weighted by Gasteiger charge is -2.22. The zero-order valence-corrected chi connectivity index (χ0v) is 26.1. The molecular formula is C39H44N4. The minimum absolute atomic E-state index is 0.184. The molecule has 0 spiro atoms. The summed E-state index contributed by atoms with van der Waals surface area (Å²) in [5.74, 6) is 0.373. The SMILES string of the molecule is C=C(/C=C\C=C(C)C)c1ccc(C2C=CC(c3ccc(C4=CC(C)CC=C4)cc3)=CC(NN/C(C)=C/C=N\C)C2=N)cc1. The van der Waals surface area contributed by atoms with E-state index in [0.717, 1.165) is 40.0 Å². The van der Waals surface area contributed by atoms with Crippen LogP contribution in [0.5, 0.6) is 0 Å². The lowest BCUT2D eigenvalue weighted by atomic mass is 9.89. The van der Waals surface area contributed by atoms with Crippen LogP contribution in [0.15, 0.2) is 132 Å². The van der Waals surface area contributed by atoms with Crippen LogP contribution in [0, 0.1) is 11.3 Å². The van der Waals surface area contributed by atoms with Gasteiger partial charge in [-0.3, -0.25) is 4.99 Å². The molecule has 0 aromatic heterocycles. The van der Waals surface area contributed by atoms with E-state index in [4.69, 9.17) is 0 Å². The van der Waals surface area contributed by atoms with Crippen molar-refractivity contribution in [1.29, 1.82) is 5.41 Å².